The minimum absolute atomic E-state index is 0.00909. The normalized spacial score (nSPS) is 22.5. The Morgan fingerprint density at radius 3 is 2.50 bits per heavy atom. The van der Waals surface area contributed by atoms with E-state index in [0.717, 1.165) is 12.3 Å². The Hall–Kier alpha value is -3.57. The first-order valence-electron chi connectivity index (χ1n) is 12.5. The number of amides is 2. The molecule has 2 heterocycles. The standard InChI is InChI=1S/C28H23ClF5N3O3/c29-15-9-18(24(25(33)34)35-12-15)26(38)36-17-7-5-14(6-8-17)13-37-22-4-2-1-3-19(22)28(40,27(37)39)20-10-16(30)11-21(31)23(20)32/h1-4,9-12,14,17,25,40H,5-8,13H2,(H,36,38)/t14-,17-,28?. The topological polar surface area (TPSA) is 82.5 Å². The summed E-state index contributed by atoms with van der Waals surface area (Å²) in [5.74, 6) is -5.92. The number of hydrogen-bond acceptors (Lipinski definition) is 4. The van der Waals surface area contributed by atoms with E-state index >= 15 is 0 Å². The van der Waals surface area contributed by atoms with Crippen LogP contribution in [-0.2, 0) is 10.4 Å². The molecule has 1 atom stereocenters. The van der Waals surface area contributed by atoms with E-state index in [2.05, 4.69) is 10.3 Å². The maximum absolute atomic E-state index is 14.7. The van der Waals surface area contributed by atoms with E-state index in [1.165, 1.54) is 17.0 Å². The molecule has 1 fully saturated rings. The van der Waals surface area contributed by atoms with Gasteiger partial charge in [-0.2, -0.15) is 0 Å². The van der Waals surface area contributed by atoms with E-state index in [0.29, 0.717) is 43.5 Å². The fourth-order valence-corrected chi connectivity index (χ4v) is 5.67. The lowest BCUT2D eigenvalue weighted by Gasteiger charge is -2.32. The minimum atomic E-state index is -2.95. The van der Waals surface area contributed by atoms with Crippen molar-refractivity contribution >= 4 is 29.1 Å². The van der Waals surface area contributed by atoms with Gasteiger partial charge >= 0.3 is 0 Å². The average molecular weight is 580 g/mol. The van der Waals surface area contributed by atoms with Gasteiger partial charge < -0.3 is 15.3 Å². The number of pyridine rings is 1. The number of nitrogens with zero attached hydrogens (tertiary/aromatic N) is 2. The van der Waals surface area contributed by atoms with Crippen molar-refractivity contribution in [3.8, 4) is 0 Å². The number of aliphatic hydroxyl groups is 1. The molecule has 2 aliphatic rings. The number of para-hydroxylation sites is 1. The molecule has 2 amide bonds. The molecule has 1 aromatic heterocycles. The third-order valence-corrected chi connectivity index (χ3v) is 7.69. The van der Waals surface area contributed by atoms with Crippen molar-refractivity contribution < 1.29 is 36.6 Å². The number of benzene rings is 2. The molecule has 0 saturated heterocycles. The van der Waals surface area contributed by atoms with Gasteiger partial charge in [-0.25, -0.2) is 22.0 Å². The molecule has 0 bridgehead atoms. The number of nitrogens with one attached hydrogen (secondary N) is 1. The summed E-state index contributed by atoms with van der Waals surface area (Å²) >= 11 is 5.84. The van der Waals surface area contributed by atoms with Gasteiger partial charge in [0.2, 0.25) is 0 Å². The molecule has 1 aliphatic carbocycles. The largest absolute Gasteiger partial charge is 0.372 e. The van der Waals surface area contributed by atoms with Crippen molar-refractivity contribution in [1.29, 1.82) is 0 Å². The van der Waals surface area contributed by atoms with Gasteiger partial charge in [-0.1, -0.05) is 29.8 Å². The fraction of sp³-hybridized carbons (Fsp3) is 0.321. The zero-order chi connectivity index (χ0) is 28.8. The van der Waals surface area contributed by atoms with E-state index in [9.17, 15) is 36.6 Å². The van der Waals surface area contributed by atoms with Gasteiger partial charge in [-0.3, -0.25) is 14.6 Å². The lowest BCUT2D eigenvalue weighted by atomic mass is 9.85. The molecule has 1 unspecified atom stereocenters. The first-order chi connectivity index (χ1) is 19.0. The molecule has 1 aliphatic heterocycles. The smallest absolute Gasteiger partial charge is 0.281 e. The molecule has 210 valence electrons. The summed E-state index contributed by atoms with van der Waals surface area (Å²) < 4.78 is 69.4. The SMILES string of the molecule is O=C(N[C@H]1CC[C@H](CN2C(=O)C(O)(c3cc(F)cc(F)c3F)c3ccccc32)CC1)c1cc(Cl)cnc1C(F)F. The van der Waals surface area contributed by atoms with Crippen molar-refractivity contribution in [2.45, 2.75) is 43.8 Å². The van der Waals surface area contributed by atoms with Crippen LogP contribution in [0.1, 0.15) is 59.3 Å². The van der Waals surface area contributed by atoms with Gasteiger partial charge in [0.15, 0.2) is 17.2 Å². The molecule has 5 rings (SSSR count). The minimum Gasteiger partial charge on any atom is -0.372 e. The Balaban J connectivity index is 1.30. The monoisotopic (exact) mass is 579 g/mol. The van der Waals surface area contributed by atoms with E-state index in [1.54, 1.807) is 12.1 Å². The van der Waals surface area contributed by atoms with Crippen LogP contribution in [0.25, 0.3) is 0 Å². The fourth-order valence-electron chi connectivity index (χ4n) is 5.51. The summed E-state index contributed by atoms with van der Waals surface area (Å²) in [6.07, 6.45) is 0.119. The summed E-state index contributed by atoms with van der Waals surface area (Å²) in [6, 6.07) is 7.87. The summed E-state index contributed by atoms with van der Waals surface area (Å²) in [7, 11) is 0. The Morgan fingerprint density at radius 1 is 1.10 bits per heavy atom. The first kappa shape index (κ1) is 28.0. The lowest BCUT2D eigenvalue weighted by molar-refractivity contribution is -0.132. The highest BCUT2D eigenvalue weighted by atomic mass is 35.5. The number of hydrogen-bond donors (Lipinski definition) is 2. The second-order valence-corrected chi connectivity index (χ2v) is 10.4. The number of alkyl halides is 2. The number of fused-ring (bicyclic) bond motifs is 1. The molecule has 12 heteroatoms. The number of carbonyl (C=O) groups is 2. The highest BCUT2D eigenvalue weighted by Crippen LogP contribution is 2.46. The molecule has 2 aromatic carbocycles. The van der Waals surface area contributed by atoms with Crippen LogP contribution in [0.5, 0.6) is 0 Å². The predicted molar refractivity (Wildman–Crippen MR) is 136 cm³/mol. The van der Waals surface area contributed by atoms with Crippen molar-refractivity contribution in [1.82, 2.24) is 10.3 Å². The molecular formula is C28H23ClF5N3O3. The quantitative estimate of drug-likeness (QED) is 0.292. The van der Waals surface area contributed by atoms with Crippen LogP contribution in [0.4, 0.5) is 27.6 Å². The maximum Gasteiger partial charge on any atom is 0.281 e. The number of anilines is 1. The van der Waals surface area contributed by atoms with Crippen LogP contribution in [0, 0.1) is 23.4 Å². The Labute approximate surface area is 230 Å². The van der Waals surface area contributed by atoms with E-state index in [1.807, 2.05) is 0 Å². The third-order valence-electron chi connectivity index (χ3n) is 7.48. The molecule has 3 aromatic rings. The van der Waals surface area contributed by atoms with Gasteiger partial charge in [0.1, 0.15) is 11.5 Å². The summed E-state index contributed by atoms with van der Waals surface area (Å²) in [6.45, 7) is 0.131. The van der Waals surface area contributed by atoms with Gasteiger partial charge in [0.25, 0.3) is 18.2 Å². The Morgan fingerprint density at radius 2 is 1.80 bits per heavy atom. The van der Waals surface area contributed by atoms with E-state index < -0.39 is 52.5 Å². The molecule has 0 radical (unpaired) electrons. The predicted octanol–water partition coefficient (Wildman–Crippen LogP) is 5.66. The molecule has 6 nitrogen and oxygen atoms in total. The number of rotatable bonds is 6. The van der Waals surface area contributed by atoms with Gasteiger partial charge in [-0.15, -0.1) is 0 Å². The van der Waals surface area contributed by atoms with Crippen LogP contribution in [-0.4, -0.2) is 34.5 Å². The zero-order valence-corrected chi connectivity index (χ0v) is 21.6. The van der Waals surface area contributed by atoms with Gasteiger partial charge in [0.05, 0.1) is 16.3 Å². The van der Waals surface area contributed by atoms with Crippen molar-refractivity contribution in [3.63, 3.8) is 0 Å². The van der Waals surface area contributed by atoms with Crippen LogP contribution in [0.15, 0.2) is 48.7 Å². The van der Waals surface area contributed by atoms with Crippen molar-refractivity contribution in [2.75, 3.05) is 11.4 Å². The van der Waals surface area contributed by atoms with Crippen molar-refractivity contribution in [3.05, 3.63) is 93.5 Å². The van der Waals surface area contributed by atoms with E-state index in [4.69, 9.17) is 11.6 Å². The Bertz CT molecular complexity index is 1480. The van der Waals surface area contributed by atoms with Gasteiger partial charge in [-0.05, 0) is 49.8 Å². The third kappa shape index (κ3) is 4.92. The highest BCUT2D eigenvalue weighted by molar-refractivity contribution is 6.30. The zero-order valence-electron chi connectivity index (χ0n) is 20.8. The number of halogens is 6. The second-order valence-electron chi connectivity index (χ2n) is 9.97. The molecule has 40 heavy (non-hydrogen) atoms. The van der Waals surface area contributed by atoms with Crippen LogP contribution in [0.3, 0.4) is 0 Å². The first-order valence-corrected chi connectivity index (χ1v) is 12.9. The Kier molecular flexibility index (Phi) is 7.54. The molecule has 0 spiro atoms. The van der Waals surface area contributed by atoms with Crippen LogP contribution < -0.4 is 10.2 Å². The number of aromatic nitrogens is 1. The summed E-state index contributed by atoms with van der Waals surface area (Å²) in [5, 5.41) is 14.3. The van der Waals surface area contributed by atoms with Crippen molar-refractivity contribution in [2.24, 2.45) is 5.92 Å². The molecule has 2 N–H and O–H groups in total. The number of carbonyl (C=O) groups excluding carboxylic acids is 2. The van der Waals surface area contributed by atoms with Crippen LogP contribution in [0.2, 0.25) is 5.02 Å². The van der Waals surface area contributed by atoms with Gasteiger partial charge in [0, 0.05) is 36.0 Å². The average Bonchev–Trinajstić information content (AvgIpc) is 3.14. The summed E-state index contributed by atoms with van der Waals surface area (Å²) in [4.78, 5) is 31.1. The second kappa shape index (κ2) is 10.8. The van der Waals surface area contributed by atoms with Crippen LogP contribution >= 0.6 is 11.6 Å². The lowest BCUT2D eigenvalue weighted by Crippen LogP contribution is -2.45. The van der Waals surface area contributed by atoms with E-state index in [-0.39, 0.29) is 34.7 Å². The maximum atomic E-state index is 14.7. The molecular weight excluding hydrogens is 557 g/mol. The molecule has 1 saturated carbocycles. The summed E-state index contributed by atoms with van der Waals surface area (Å²) in [5.41, 5.74) is -4.09. The highest BCUT2D eigenvalue weighted by Gasteiger charge is 2.53.